The van der Waals surface area contributed by atoms with E-state index in [0.717, 1.165) is 37.1 Å². The molecule has 1 N–H and O–H groups in total. The molecular weight excluding hydrogens is 318 g/mol. The molecule has 0 atom stereocenters. The van der Waals surface area contributed by atoms with Gasteiger partial charge in [-0.2, -0.15) is 0 Å². The number of aromatic amines is 1. The average Bonchev–Trinajstić information content (AvgIpc) is 2.96. The molecule has 0 bridgehead atoms. The van der Waals surface area contributed by atoms with Crippen molar-refractivity contribution < 1.29 is 4.79 Å². The van der Waals surface area contributed by atoms with Gasteiger partial charge in [-0.05, 0) is 25.0 Å². The summed E-state index contributed by atoms with van der Waals surface area (Å²) in [5, 5.41) is 3.05. The predicted octanol–water partition coefficient (Wildman–Crippen LogP) is 1.99. The van der Waals surface area contributed by atoms with E-state index in [2.05, 4.69) is 15.1 Å². The molecule has 7 nitrogen and oxygen atoms in total. The van der Waals surface area contributed by atoms with E-state index in [1.165, 1.54) is 10.6 Å². The van der Waals surface area contributed by atoms with Gasteiger partial charge in [0.2, 0.25) is 5.91 Å². The topological polar surface area (TPSA) is 83.4 Å². The number of nitrogens with zero attached hydrogens (tertiary/aromatic N) is 4. The van der Waals surface area contributed by atoms with Crippen molar-refractivity contribution in [1.29, 1.82) is 0 Å². The van der Waals surface area contributed by atoms with Crippen LogP contribution in [0.2, 0.25) is 0 Å². The van der Waals surface area contributed by atoms with Gasteiger partial charge in [-0.25, -0.2) is 9.50 Å². The number of amides is 1. The smallest absolute Gasteiger partial charge is 0.272 e. The van der Waals surface area contributed by atoms with Gasteiger partial charge in [0.05, 0.1) is 17.9 Å². The maximum atomic E-state index is 12.4. The molecule has 3 aromatic heterocycles. The van der Waals surface area contributed by atoms with Gasteiger partial charge in [0.1, 0.15) is 0 Å². The molecule has 0 spiro atoms. The third-order valence-corrected chi connectivity index (χ3v) is 4.50. The number of hydrogen-bond donors (Lipinski definition) is 1. The van der Waals surface area contributed by atoms with Crippen molar-refractivity contribution >= 4 is 11.6 Å². The van der Waals surface area contributed by atoms with E-state index in [1.54, 1.807) is 17.3 Å². The Kier molecular flexibility index (Phi) is 4.05. The fourth-order valence-electron chi connectivity index (χ4n) is 3.19. The minimum atomic E-state index is -0.183. The molecule has 1 amide bonds. The number of hydrogen-bond acceptors (Lipinski definition) is 4. The standard InChI is InChI=1S/C18H19N5O2/c24-17-6-2-1-3-8-22(17)12-14-9-18(25)23-16(20-14)10-15(21-23)13-5-4-7-19-11-13/h4-5,7,9-11,21H,1-3,6,8,12H2. The minimum absolute atomic E-state index is 0.143. The summed E-state index contributed by atoms with van der Waals surface area (Å²) in [6.07, 6.45) is 7.03. The van der Waals surface area contributed by atoms with Gasteiger partial charge in [-0.15, -0.1) is 0 Å². The number of nitrogens with one attached hydrogen (secondary N) is 1. The molecule has 0 aromatic carbocycles. The fraction of sp³-hybridized carbons (Fsp3) is 0.333. The van der Waals surface area contributed by atoms with Crippen LogP contribution in [0, 0.1) is 0 Å². The molecule has 1 aliphatic rings. The van der Waals surface area contributed by atoms with E-state index in [4.69, 9.17) is 0 Å². The van der Waals surface area contributed by atoms with Gasteiger partial charge in [0, 0.05) is 43.1 Å². The number of H-pyrrole nitrogens is 1. The maximum absolute atomic E-state index is 12.4. The van der Waals surface area contributed by atoms with Crippen molar-refractivity contribution in [2.75, 3.05) is 6.54 Å². The molecule has 1 aliphatic heterocycles. The summed E-state index contributed by atoms with van der Waals surface area (Å²) in [4.78, 5) is 35.0. The Hall–Kier alpha value is -2.96. The van der Waals surface area contributed by atoms with E-state index in [1.807, 2.05) is 18.2 Å². The Morgan fingerprint density at radius 1 is 1.16 bits per heavy atom. The van der Waals surface area contributed by atoms with Crippen LogP contribution in [-0.4, -0.2) is 36.9 Å². The normalized spacial score (nSPS) is 15.5. The zero-order valence-electron chi connectivity index (χ0n) is 13.8. The molecule has 1 saturated heterocycles. The Morgan fingerprint density at radius 3 is 2.92 bits per heavy atom. The first kappa shape index (κ1) is 15.6. The van der Waals surface area contributed by atoms with Crippen molar-refractivity contribution in [2.24, 2.45) is 0 Å². The number of carbonyl (C=O) groups is 1. The predicted molar refractivity (Wildman–Crippen MR) is 92.9 cm³/mol. The highest BCUT2D eigenvalue weighted by Crippen LogP contribution is 2.18. The highest BCUT2D eigenvalue weighted by Gasteiger charge is 2.18. The largest absolute Gasteiger partial charge is 0.337 e. The summed E-state index contributed by atoms with van der Waals surface area (Å²) in [6, 6.07) is 7.08. The molecule has 0 saturated carbocycles. The number of rotatable bonds is 3. The SMILES string of the molecule is O=C1CCCCCN1Cc1cc(=O)n2[nH]c(-c3cccnc3)cc2n1. The highest BCUT2D eigenvalue weighted by atomic mass is 16.2. The van der Waals surface area contributed by atoms with Crippen LogP contribution >= 0.6 is 0 Å². The van der Waals surface area contributed by atoms with Crippen LogP contribution in [0.15, 0.2) is 41.5 Å². The third-order valence-electron chi connectivity index (χ3n) is 4.50. The molecule has 0 radical (unpaired) electrons. The molecule has 3 aromatic rings. The van der Waals surface area contributed by atoms with Gasteiger partial charge < -0.3 is 4.90 Å². The summed E-state index contributed by atoms with van der Waals surface area (Å²) < 4.78 is 1.41. The Labute approximate surface area is 144 Å². The van der Waals surface area contributed by atoms with Gasteiger partial charge in [-0.1, -0.05) is 6.42 Å². The molecule has 128 valence electrons. The van der Waals surface area contributed by atoms with Gasteiger partial charge in [0.15, 0.2) is 5.65 Å². The van der Waals surface area contributed by atoms with E-state index < -0.39 is 0 Å². The number of likely N-dealkylation sites (tertiary alicyclic amines) is 1. The number of aromatic nitrogens is 4. The molecule has 25 heavy (non-hydrogen) atoms. The Morgan fingerprint density at radius 2 is 2.08 bits per heavy atom. The fourth-order valence-corrected chi connectivity index (χ4v) is 3.19. The summed E-state index contributed by atoms with van der Waals surface area (Å²) in [6.45, 7) is 1.12. The number of pyridine rings is 1. The van der Waals surface area contributed by atoms with Crippen molar-refractivity contribution in [3.8, 4) is 11.3 Å². The summed E-state index contributed by atoms with van der Waals surface area (Å²) in [5.41, 5.74) is 2.65. The van der Waals surface area contributed by atoms with Crippen LogP contribution in [0.25, 0.3) is 16.9 Å². The molecule has 0 aliphatic carbocycles. The molecular formula is C18H19N5O2. The quantitative estimate of drug-likeness (QED) is 0.792. The summed E-state index contributed by atoms with van der Waals surface area (Å²) >= 11 is 0. The van der Waals surface area contributed by atoms with Crippen molar-refractivity contribution in [2.45, 2.75) is 32.2 Å². The molecule has 7 heteroatoms. The summed E-state index contributed by atoms with van der Waals surface area (Å²) in [5.74, 6) is 0.143. The second-order valence-corrected chi connectivity index (χ2v) is 6.32. The molecule has 4 heterocycles. The van der Waals surface area contributed by atoms with Gasteiger partial charge in [-0.3, -0.25) is 19.7 Å². The highest BCUT2D eigenvalue weighted by molar-refractivity contribution is 5.76. The zero-order valence-corrected chi connectivity index (χ0v) is 13.8. The van der Waals surface area contributed by atoms with Crippen LogP contribution in [0.3, 0.4) is 0 Å². The van der Waals surface area contributed by atoms with E-state index in [0.29, 0.717) is 24.3 Å². The van der Waals surface area contributed by atoms with E-state index in [9.17, 15) is 9.59 Å². The lowest BCUT2D eigenvalue weighted by Gasteiger charge is -2.19. The number of carbonyl (C=O) groups excluding carboxylic acids is 1. The van der Waals surface area contributed by atoms with Crippen LogP contribution < -0.4 is 5.56 Å². The average molecular weight is 337 g/mol. The monoisotopic (exact) mass is 337 g/mol. The van der Waals surface area contributed by atoms with Crippen LogP contribution in [-0.2, 0) is 11.3 Å². The first-order valence-electron chi connectivity index (χ1n) is 8.50. The lowest BCUT2D eigenvalue weighted by Crippen LogP contribution is -2.31. The zero-order chi connectivity index (χ0) is 17.2. The van der Waals surface area contributed by atoms with Crippen molar-refractivity contribution in [3.05, 3.63) is 52.7 Å². The van der Waals surface area contributed by atoms with Crippen molar-refractivity contribution in [3.63, 3.8) is 0 Å². The minimum Gasteiger partial charge on any atom is -0.337 e. The van der Waals surface area contributed by atoms with Crippen LogP contribution in [0.4, 0.5) is 0 Å². The van der Waals surface area contributed by atoms with Gasteiger partial charge in [0.25, 0.3) is 5.56 Å². The lowest BCUT2D eigenvalue weighted by atomic mass is 10.2. The van der Waals surface area contributed by atoms with Crippen LogP contribution in [0.1, 0.15) is 31.4 Å². The molecule has 4 rings (SSSR count). The molecule has 0 unspecified atom stereocenters. The maximum Gasteiger partial charge on any atom is 0.272 e. The second-order valence-electron chi connectivity index (χ2n) is 6.32. The molecule has 1 fully saturated rings. The van der Waals surface area contributed by atoms with E-state index >= 15 is 0 Å². The van der Waals surface area contributed by atoms with E-state index in [-0.39, 0.29) is 11.5 Å². The Balaban J connectivity index is 1.67. The van der Waals surface area contributed by atoms with Crippen molar-refractivity contribution in [1.82, 2.24) is 24.5 Å². The first-order valence-corrected chi connectivity index (χ1v) is 8.50. The third kappa shape index (κ3) is 3.17. The lowest BCUT2D eigenvalue weighted by molar-refractivity contribution is -0.131. The summed E-state index contributed by atoms with van der Waals surface area (Å²) in [7, 11) is 0. The van der Waals surface area contributed by atoms with Crippen LogP contribution in [0.5, 0.6) is 0 Å². The second kappa shape index (κ2) is 6.51. The Bertz CT molecular complexity index is 961. The van der Waals surface area contributed by atoms with Gasteiger partial charge >= 0.3 is 0 Å². The first-order chi connectivity index (χ1) is 12.2. The number of fused-ring (bicyclic) bond motifs is 1.